The Hall–Kier alpha value is -2.36. The van der Waals surface area contributed by atoms with Gasteiger partial charge >= 0.3 is 11.9 Å². The van der Waals surface area contributed by atoms with Crippen molar-refractivity contribution in [3.63, 3.8) is 0 Å². The zero-order chi connectivity index (χ0) is 13.8. The van der Waals surface area contributed by atoms with Gasteiger partial charge in [-0.05, 0) is 6.07 Å². The Labute approximate surface area is 109 Å². The second kappa shape index (κ2) is 5.52. The number of carbonyl (C=O) groups is 1. The molecule has 0 saturated carbocycles. The first kappa shape index (κ1) is 13.1. The molecule has 0 unspecified atom stereocenters. The van der Waals surface area contributed by atoms with Crippen LogP contribution in [0.25, 0.3) is 11.7 Å². The fraction of sp³-hybridized carbons (Fsp3) is 0.222. The number of hydrogen-bond donors (Lipinski definition) is 1. The predicted molar refractivity (Wildman–Crippen MR) is 61.6 cm³/mol. The molecule has 2 heterocycles. The quantitative estimate of drug-likeness (QED) is 0.479. The lowest BCUT2D eigenvalue weighted by Gasteiger charge is -1.91. The number of carboxylic acids is 1. The average molecular weight is 285 g/mol. The van der Waals surface area contributed by atoms with Crippen LogP contribution in [0.1, 0.15) is 6.42 Å². The second-order valence-corrected chi connectivity index (χ2v) is 4.31. The molecule has 0 saturated heterocycles. The summed E-state index contributed by atoms with van der Waals surface area (Å²) >= 11 is 1.08. The van der Waals surface area contributed by atoms with E-state index in [0.717, 1.165) is 11.8 Å². The van der Waals surface area contributed by atoms with E-state index in [-0.39, 0.29) is 29.0 Å². The fourth-order valence-corrected chi connectivity index (χ4v) is 1.82. The van der Waals surface area contributed by atoms with Crippen LogP contribution in [0.15, 0.2) is 26.2 Å². The van der Waals surface area contributed by atoms with E-state index < -0.39 is 16.8 Å². The molecule has 2 aromatic heterocycles. The number of nitrogens with zero attached hydrogens (tertiary/aromatic N) is 3. The Balaban J connectivity index is 2.03. The SMILES string of the molecule is O=C(O)CCSc1nnc(-c2ccc([N+](=O)[O-])o2)o1. The number of hydrogen-bond acceptors (Lipinski definition) is 8. The van der Waals surface area contributed by atoms with Crippen molar-refractivity contribution in [1.82, 2.24) is 10.2 Å². The summed E-state index contributed by atoms with van der Waals surface area (Å²) in [6, 6.07) is 2.52. The lowest BCUT2D eigenvalue weighted by Crippen LogP contribution is -1.95. The molecule has 1 N–H and O–H groups in total. The third-order valence-corrected chi connectivity index (χ3v) is 2.75. The third-order valence-electron chi connectivity index (χ3n) is 1.93. The number of nitro groups is 1. The van der Waals surface area contributed by atoms with Gasteiger partial charge in [-0.2, -0.15) is 0 Å². The Morgan fingerprint density at radius 1 is 1.42 bits per heavy atom. The molecule has 0 aromatic carbocycles. The molecule has 10 heteroatoms. The molecule has 0 amide bonds. The standard InChI is InChI=1S/C9H7N3O6S/c13-7(14)3-4-19-9-11-10-8(18-9)5-1-2-6(17-5)12(15)16/h1-2H,3-4H2,(H,13,14). The van der Waals surface area contributed by atoms with E-state index in [2.05, 4.69) is 10.2 Å². The molecule has 2 rings (SSSR count). The largest absolute Gasteiger partial charge is 0.481 e. The summed E-state index contributed by atoms with van der Waals surface area (Å²) in [5.41, 5.74) is 0. The van der Waals surface area contributed by atoms with Gasteiger partial charge in [0.1, 0.15) is 4.92 Å². The second-order valence-electron chi connectivity index (χ2n) is 3.26. The Morgan fingerprint density at radius 2 is 2.21 bits per heavy atom. The van der Waals surface area contributed by atoms with Gasteiger partial charge in [-0.1, -0.05) is 11.8 Å². The van der Waals surface area contributed by atoms with Crippen LogP contribution in [-0.4, -0.2) is 31.9 Å². The van der Waals surface area contributed by atoms with E-state index in [1.165, 1.54) is 12.1 Å². The maximum absolute atomic E-state index is 10.4. The van der Waals surface area contributed by atoms with Crippen LogP contribution in [0.4, 0.5) is 5.88 Å². The highest BCUT2D eigenvalue weighted by Crippen LogP contribution is 2.27. The van der Waals surface area contributed by atoms with Crippen LogP contribution in [0.2, 0.25) is 0 Å². The Morgan fingerprint density at radius 3 is 2.84 bits per heavy atom. The van der Waals surface area contributed by atoms with Gasteiger partial charge in [-0.15, -0.1) is 10.2 Å². The third kappa shape index (κ3) is 3.31. The Kier molecular flexibility index (Phi) is 3.80. The lowest BCUT2D eigenvalue weighted by atomic mass is 10.4. The van der Waals surface area contributed by atoms with Gasteiger partial charge in [-0.25, -0.2) is 0 Å². The maximum Gasteiger partial charge on any atom is 0.433 e. The zero-order valence-corrected chi connectivity index (χ0v) is 10.1. The van der Waals surface area contributed by atoms with Gasteiger partial charge in [0, 0.05) is 5.75 Å². The van der Waals surface area contributed by atoms with Crippen molar-refractivity contribution >= 4 is 23.6 Å². The van der Waals surface area contributed by atoms with E-state index in [4.69, 9.17) is 13.9 Å². The van der Waals surface area contributed by atoms with Crippen LogP contribution in [0.3, 0.4) is 0 Å². The molecule has 19 heavy (non-hydrogen) atoms. The number of aromatic nitrogens is 2. The van der Waals surface area contributed by atoms with Crippen LogP contribution in [0, 0.1) is 10.1 Å². The van der Waals surface area contributed by atoms with Crippen LogP contribution in [-0.2, 0) is 4.79 Å². The molecule has 100 valence electrons. The van der Waals surface area contributed by atoms with Gasteiger partial charge < -0.3 is 13.9 Å². The van der Waals surface area contributed by atoms with Gasteiger partial charge in [-0.3, -0.25) is 14.9 Å². The molecule has 2 aromatic rings. The van der Waals surface area contributed by atoms with Crippen molar-refractivity contribution in [2.45, 2.75) is 11.6 Å². The topological polar surface area (TPSA) is 132 Å². The van der Waals surface area contributed by atoms with Gasteiger partial charge in [0.05, 0.1) is 12.5 Å². The predicted octanol–water partition coefficient (Wildman–Crippen LogP) is 1.80. The molecule has 0 atom stereocenters. The Bertz CT molecular complexity index is 607. The first-order valence-corrected chi connectivity index (χ1v) is 5.97. The number of rotatable bonds is 6. The van der Waals surface area contributed by atoms with Gasteiger partial charge in [0.25, 0.3) is 11.1 Å². The van der Waals surface area contributed by atoms with Gasteiger partial charge in [0.15, 0.2) is 5.76 Å². The molecule has 0 aliphatic rings. The number of furan rings is 1. The van der Waals surface area contributed by atoms with Crippen LogP contribution >= 0.6 is 11.8 Å². The van der Waals surface area contributed by atoms with Crippen molar-refractivity contribution in [3.8, 4) is 11.7 Å². The summed E-state index contributed by atoms with van der Waals surface area (Å²) in [6.45, 7) is 0. The zero-order valence-electron chi connectivity index (χ0n) is 9.31. The summed E-state index contributed by atoms with van der Waals surface area (Å²) < 4.78 is 10.1. The van der Waals surface area contributed by atoms with E-state index in [1.807, 2.05) is 0 Å². The minimum atomic E-state index is -0.922. The molecule has 0 bridgehead atoms. The smallest absolute Gasteiger partial charge is 0.433 e. The highest BCUT2D eigenvalue weighted by Gasteiger charge is 2.17. The molecule has 0 fully saturated rings. The van der Waals surface area contributed by atoms with Crippen molar-refractivity contribution in [3.05, 3.63) is 22.2 Å². The van der Waals surface area contributed by atoms with E-state index >= 15 is 0 Å². The van der Waals surface area contributed by atoms with Crippen LogP contribution in [0.5, 0.6) is 0 Å². The summed E-state index contributed by atoms with van der Waals surface area (Å²) in [4.78, 5) is 20.1. The minimum absolute atomic E-state index is 0.00549. The van der Waals surface area contributed by atoms with Crippen molar-refractivity contribution in [2.24, 2.45) is 0 Å². The van der Waals surface area contributed by atoms with E-state index in [1.54, 1.807) is 0 Å². The highest BCUT2D eigenvalue weighted by molar-refractivity contribution is 7.99. The fourth-order valence-electron chi connectivity index (χ4n) is 1.13. The maximum atomic E-state index is 10.4. The van der Waals surface area contributed by atoms with Crippen molar-refractivity contribution in [1.29, 1.82) is 0 Å². The van der Waals surface area contributed by atoms with Crippen molar-refractivity contribution in [2.75, 3.05) is 5.75 Å². The number of aliphatic carboxylic acids is 1. The monoisotopic (exact) mass is 285 g/mol. The average Bonchev–Trinajstić information content (AvgIpc) is 2.95. The van der Waals surface area contributed by atoms with E-state index in [0.29, 0.717) is 0 Å². The minimum Gasteiger partial charge on any atom is -0.481 e. The molecule has 0 aliphatic heterocycles. The first-order chi connectivity index (χ1) is 9.06. The summed E-state index contributed by atoms with van der Waals surface area (Å²) in [7, 11) is 0. The normalized spacial score (nSPS) is 10.5. The summed E-state index contributed by atoms with van der Waals surface area (Å²) in [5, 5.41) is 26.4. The van der Waals surface area contributed by atoms with Crippen LogP contribution < -0.4 is 0 Å². The lowest BCUT2D eigenvalue weighted by molar-refractivity contribution is -0.401. The highest BCUT2D eigenvalue weighted by atomic mass is 32.2. The molecule has 0 spiro atoms. The number of thioether (sulfide) groups is 1. The molecule has 0 radical (unpaired) electrons. The van der Waals surface area contributed by atoms with E-state index in [9.17, 15) is 14.9 Å². The summed E-state index contributed by atoms with van der Waals surface area (Å²) in [5.74, 6) is -0.965. The molecule has 9 nitrogen and oxygen atoms in total. The van der Waals surface area contributed by atoms with Gasteiger partial charge in [0.2, 0.25) is 0 Å². The van der Waals surface area contributed by atoms with Crippen molar-refractivity contribution < 1.29 is 23.7 Å². The molecular formula is C9H7N3O6S. The molecule has 0 aliphatic carbocycles. The number of carboxylic acid groups (broad SMARTS) is 1. The first-order valence-electron chi connectivity index (χ1n) is 4.99. The molecular weight excluding hydrogens is 278 g/mol. The summed E-state index contributed by atoms with van der Waals surface area (Å²) in [6.07, 6.45) is -0.0331.